The number of thioether (sulfide) groups is 1. The molecule has 0 saturated heterocycles. The number of carbonyl (C=O) groups is 2. The van der Waals surface area contributed by atoms with Crippen molar-refractivity contribution in [3.8, 4) is 0 Å². The van der Waals surface area contributed by atoms with Gasteiger partial charge in [-0.05, 0) is 24.3 Å². The lowest BCUT2D eigenvalue weighted by Gasteiger charge is -2.04. The van der Waals surface area contributed by atoms with E-state index in [1.165, 1.54) is 11.8 Å². The van der Waals surface area contributed by atoms with Crippen LogP contribution in [0.25, 0.3) is 0 Å². The van der Waals surface area contributed by atoms with Crippen LogP contribution in [0.15, 0.2) is 28.7 Å². The minimum atomic E-state index is -0.839. The second-order valence-corrected chi connectivity index (χ2v) is 5.23. The molecular formula is C11H12BrNO3S. The van der Waals surface area contributed by atoms with E-state index in [4.69, 9.17) is 5.11 Å². The Morgan fingerprint density at radius 2 is 1.94 bits per heavy atom. The molecule has 0 spiro atoms. The lowest BCUT2D eigenvalue weighted by molar-refractivity contribution is -0.133. The van der Waals surface area contributed by atoms with Crippen LogP contribution in [0.2, 0.25) is 0 Å². The third-order valence-electron chi connectivity index (χ3n) is 1.86. The zero-order valence-electron chi connectivity index (χ0n) is 8.98. The van der Waals surface area contributed by atoms with Crippen LogP contribution in [0.3, 0.4) is 0 Å². The summed E-state index contributed by atoms with van der Waals surface area (Å²) in [4.78, 5) is 21.8. The third-order valence-corrected chi connectivity index (χ3v) is 3.34. The van der Waals surface area contributed by atoms with Crippen LogP contribution in [-0.4, -0.2) is 35.0 Å². The van der Waals surface area contributed by atoms with Crippen LogP contribution in [0.4, 0.5) is 0 Å². The molecule has 0 aliphatic rings. The van der Waals surface area contributed by atoms with Gasteiger partial charge in [0.15, 0.2) is 0 Å². The molecule has 0 bridgehead atoms. The first-order valence-corrected chi connectivity index (χ1v) is 6.87. The van der Waals surface area contributed by atoms with Gasteiger partial charge in [0.2, 0.25) is 0 Å². The van der Waals surface area contributed by atoms with Crippen molar-refractivity contribution >= 4 is 39.6 Å². The van der Waals surface area contributed by atoms with Gasteiger partial charge < -0.3 is 10.4 Å². The first-order chi connectivity index (χ1) is 8.09. The van der Waals surface area contributed by atoms with Crippen molar-refractivity contribution in [2.75, 3.05) is 18.1 Å². The fourth-order valence-corrected chi connectivity index (χ4v) is 1.93. The molecule has 1 aromatic carbocycles. The Bertz CT molecular complexity index is 394. The number of aliphatic carboxylic acids is 1. The van der Waals surface area contributed by atoms with Crippen LogP contribution in [0.5, 0.6) is 0 Å². The Labute approximate surface area is 112 Å². The Hall–Kier alpha value is -1.01. The van der Waals surface area contributed by atoms with Gasteiger partial charge in [0.25, 0.3) is 5.91 Å². The van der Waals surface area contributed by atoms with Crippen molar-refractivity contribution in [3.05, 3.63) is 34.3 Å². The van der Waals surface area contributed by atoms with E-state index < -0.39 is 5.97 Å². The maximum atomic E-state index is 11.6. The quantitative estimate of drug-likeness (QED) is 0.787. The summed E-state index contributed by atoms with van der Waals surface area (Å²) in [7, 11) is 0. The highest BCUT2D eigenvalue weighted by Gasteiger charge is 2.04. The Morgan fingerprint density at radius 1 is 1.29 bits per heavy atom. The monoisotopic (exact) mass is 317 g/mol. The van der Waals surface area contributed by atoms with Crippen LogP contribution in [-0.2, 0) is 4.79 Å². The summed E-state index contributed by atoms with van der Waals surface area (Å²) < 4.78 is 0.922. The number of hydrogen-bond donors (Lipinski definition) is 2. The molecule has 1 amide bonds. The van der Waals surface area contributed by atoms with E-state index in [0.29, 0.717) is 17.9 Å². The number of hydrogen-bond acceptors (Lipinski definition) is 3. The summed E-state index contributed by atoms with van der Waals surface area (Å²) in [6.45, 7) is 0.465. The molecule has 6 heteroatoms. The van der Waals surface area contributed by atoms with Crippen molar-refractivity contribution in [1.82, 2.24) is 5.32 Å². The smallest absolute Gasteiger partial charge is 0.313 e. The molecule has 0 unspecified atom stereocenters. The second kappa shape index (κ2) is 7.34. The third kappa shape index (κ3) is 5.74. The average molecular weight is 318 g/mol. The van der Waals surface area contributed by atoms with E-state index >= 15 is 0 Å². The van der Waals surface area contributed by atoms with Crippen LogP contribution < -0.4 is 5.32 Å². The van der Waals surface area contributed by atoms with E-state index in [1.54, 1.807) is 24.3 Å². The molecule has 0 aliphatic heterocycles. The van der Waals surface area contributed by atoms with E-state index in [2.05, 4.69) is 21.2 Å². The van der Waals surface area contributed by atoms with Crippen LogP contribution >= 0.6 is 27.7 Å². The van der Waals surface area contributed by atoms with Gasteiger partial charge in [-0.2, -0.15) is 0 Å². The van der Waals surface area contributed by atoms with Crippen LogP contribution in [0, 0.1) is 0 Å². The highest BCUT2D eigenvalue weighted by atomic mass is 79.9. The number of halogens is 1. The molecular weight excluding hydrogens is 306 g/mol. The van der Waals surface area contributed by atoms with Gasteiger partial charge in [-0.3, -0.25) is 9.59 Å². The molecule has 1 aromatic rings. The zero-order valence-corrected chi connectivity index (χ0v) is 11.4. The van der Waals surface area contributed by atoms with Gasteiger partial charge in [0, 0.05) is 22.3 Å². The maximum absolute atomic E-state index is 11.6. The largest absolute Gasteiger partial charge is 0.481 e. The zero-order chi connectivity index (χ0) is 12.7. The lowest BCUT2D eigenvalue weighted by atomic mass is 10.2. The predicted molar refractivity (Wildman–Crippen MR) is 71.4 cm³/mol. The summed E-state index contributed by atoms with van der Waals surface area (Å²) >= 11 is 4.57. The molecule has 0 heterocycles. The molecule has 1 rings (SSSR count). The fourth-order valence-electron chi connectivity index (χ4n) is 1.10. The fraction of sp³-hybridized carbons (Fsp3) is 0.273. The summed E-state index contributed by atoms with van der Waals surface area (Å²) in [5.74, 6) is -0.328. The van der Waals surface area contributed by atoms with Crippen LogP contribution in [0.1, 0.15) is 10.4 Å². The molecule has 0 aliphatic carbocycles. The maximum Gasteiger partial charge on any atom is 0.313 e. The number of carbonyl (C=O) groups excluding carboxylic acids is 1. The highest BCUT2D eigenvalue weighted by Crippen LogP contribution is 2.10. The number of nitrogens with one attached hydrogen (secondary N) is 1. The Morgan fingerprint density at radius 3 is 2.53 bits per heavy atom. The standard InChI is InChI=1S/C11H12BrNO3S/c12-9-3-1-8(2-4-9)11(16)13-5-6-17-7-10(14)15/h1-4H,5-7H2,(H,13,16)(H,14,15). The molecule has 0 saturated carbocycles. The van der Waals surface area contributed by atoms with Gasteiger partial charge in [-0.15, -0.1) is 11.8 Å². The lowest BCUT2D eigenvalue weighted by Crippen LogP contribution is -2.25. The van der Waals surface area contributed by atoms with Crippen molar-refractivity contribution < 1.29 is 14.7 Å². The number of carboxylic acid groups (broad SMARTS) is 1. The van der Waals surface area contributed by atoms with Crippen molar-refractivity contribution in [2.24, 2.45) is 0 Å². The first kappa shape index (κ1) is 14.1. The Kier molecular flexibility index (Phi) is 6.07. The molecule has 0 aromatic heterocycles. The highest BCUT2D eigenvalue weighted by molar-refractivity contribution is 9.10. The van der Waals surface area contributed by atoms with Crippen molar-refractivity contribution in [3.63, 3.8) is 0 Å². The van der Waals surface area contributed by atoms with Gasteiger partial charge >= 0.3 is 5.97 Å². The number of carboxylic acids is 1. The topological polar surface area (TPSA) is 66.4 Å². The van der Waals surface area contributed by atoms with E-state index in [0.717, 1.165) is 4.47 Å². The number of amides is 1. The van der Waals surface area contributed by atoms with E-state index in [9.17, 15) is 9.59 Å². The molecule has 4 nitrogen and oxygen atoms in total. The predicted octanol–water partition coefficient (Wildman–Crippen LogP) is 2.00. The second-order valence-electron chi connectivity index (χ2n) is 3.21. The van der Waals surface area contributed by atoms with Crippen molar-refractivity contribution in [1.29, 1.82) is 0 Å². The number of rotatable bonds is 6. The van der Waals surface area contributed by atoms with Gasteiger partial charge in [0.05, 0.1) is 5.75 Å². The summed E-state index contributed by atoms with van der Waals surface area (Å²) in [5.41, 5.74) is 0.594. The molecule has 17 heavy (non-hydrogen) atoms. The molecule has 0 fully saturated rings. The van der Waals surface area contributed by atoms with Gasteiger partial charge in [-0.25, -0.2) is 0 Å². The van der Waals surface area contributed by atoms with E-state index in [1.807, 2.05) is 0 Å². The summed E-state index contributed by atoms with van der Waals surface area (Å²) in [6, 6.07) is 7.05. The number of benzene rings is 1. The molecule has 2 N–H and O–H groups in total. The van der Waals surface area contributed by atoms with Crippen molar-refractivity contribution in [2.45, 2.75) is 0 Å². The Balaban J connectivity index is 2.25. The SMILES string of the molecule is O=C(O)CSCCNC(=O)c1ccc(Br)cc1. The minimum Gasteiger partial charge on any atom is -0.481 e. The van der Waals surface area contributed by atoms with E-state index in [-0.39, 0.29) is 11.7 Å². The van der Waals surface area contributed by atoms with Gasteiger partial charge in [0.1, 0.15) is 0 Å². The molecule has 0 radical (unpaired) electrons. The molecule has 92 valence electrons. The first-order valence-electron chi connectivity index (χ1n) is 4.93. The molecule has 0 atom stereocenters. The summed E-state index contributed by atoms with van der Waals surface area (Å²) in [5, 5.41) is 11.1. The average Bonchev–Trinajstić information content (AvgIpc) is 2.29. The minimum absolute atomic E-state index is 0.0636. The normalized spacial score (nSPS) is 9.94. The van der Waals surface area contributed by atoms with Gasteiger partial charge in [-0.1, -0.05) is 15.9 Å². The summed E-state index contributed by atoms with van der Waals surface area (Å²) in [6.07, 6.45) is 0.